The second-order valence-corrected chi connectivity index (χ2v) is 6.53. The molecule has 1 aromatic rings. The lowest BCUT2D eigenvalue weighted by Crippen LogP contribution is -2.25. The van der Waals surface area contributed by atoms with Crippen LogP contribution >= 0.6 is 0 Å². The number of hydrogen-bond acceptors (Lipinski definition) is 6. The van der Waals surface area contributed by atoms with Crippen LogP contribution in [0.2, 0.25) is 0 Å². The molecule has 0 radical (unpaired) electrons. The molecule has 1 N–H and O–H groups in total. The number of hydrazone groups is 1. The van der Waals surface area contributed by atoms with Crippen LogP contribution in [0.25, 0.3) is 0 Å². The van der Waals surface area contributed by atoms with Gasteiger partial charge >= 0.3 is 0 Å². The number of para-hydroxylation sites is 1. The molecular weight excluding hydrogens is 270 g/mol. The number of nitrogens with zero attached hydrogens (tertiary/aromatic N) is 2. The quantitative estimate of drug-likeness (QED) is 0.498. The van der Waals surface area contributed by atoms with Crippen LogP contribution in [0.4, 0.5) is 5.69 Å². The standard InChI is InChI=1S/C11H13N3O4S/c15-14(16)11-4-2-1-3-9(11)7-12-13-10-5-6-19(17,18)8-10/h1-4,7,10,13H,5-6,8H2/b12-7-/t10-/m0/s1. The zero-order valence-corrected chi connectivity index (χ0v) is 10.8. The minimum Gasteiger partial charge on any atom is -0.306 e. The highest BCUT2D eigenvalue weighted by Crippen LogP contribution is 2.15. The normalized spacial score (nSPS) is 21.6. The van der Waals surface area contributed by atoms with E-state index in [1.165, 1.54) is 12.3 Å². The van der Waals surface area contributed by atoms with Crippen molar-refractivity contribution in [1.82, 2.24) is 5.43 Å². The van der Waals surface area contributed by atoms with Gasteiger partial charge in [-0.15, -0.1) is 0 Å². The topological polar surface area (TPSA) is 102 Å². The Hall–Kier alpha value is -1.96. The zero-order valence-electron chi connectivity index (χ0n) is 10.0. The van der Waals surface area contributed by atoms with Crippen molar-refractivity contribution in [3.63, 3.8) is 0 Å². The molecule has 1 heterocycles. The van der Waals surface area contributed by atoms with Gasteiger partial charge in [-0.25, -0.2) is 8.42 Å². The molecule has 1 aliphatic heterocycles. The Morgan fingerprint density at radius 1 is 1.42 bits per heavy atom. The summed E-state index contributed by atoms with van der Waals surface area (Å²) in [6, 6.07) is 6.00. The van der Waals surface area contributed by atoms with Gasteiger partial charge in [0, 0.05) is 6.07 Å². The largest absolute Gasteiger partial charge is 0.306 e. The van der Waals surface area contributed by atoms with Crippen LogP contribution in [0.1, 0.15) is 12.0 Å². The molecule has 102 valence electrons. The Balaban J connectivity index is 2.02. The predicted octanol–water partition coefficient (Wildman–Crippen LogP) is 0.705. The summed E-state index contributed by atoms with van der Waals surface area (Å²) < 4.78 is 22.5. The van der Waals surface area contributed by atoms with Gasteiger partial charge in [-0.3, -0.25) is 10.1 Å². The maximum atomic E-state index is 11.2. The summed E-state index contributed by atoms with van der Waals surface area (Å²) in [6.45, 7) is 0. The molecule has 0 saturated carbocycles. The SMILES string of the molecule is O=[N+]([O-])c1ccccc1/C=N\N[C@H]1CCS(=O)(=O)C1. The molecule has 1 aliphatic rings. The molecule has 0 aliphatic carbocycles. The van der Waals surface area contributed by atoms with E-state index in [2.05, 4.69) is 10.5 Å². The molecule has 1 saturated heterocycles. The first kappa shape index (κ1) is 13.5. The van der Waals surface area contributed by atoms with Crippen molar-refractivity contribution in [2.24, 2.45) is 5.10 Å². The van der Waals surface area contributed by atoms with Crippen molar-refractivity contribution >= 4 is 21.7 Å². The first-order valence-electron chi connectivity index (χ1n) is 5.70. The molecule has 2 rings (SSSR count). The second kappa shape index (κ2) is 5.35. The molecule has 0 spiro atoms. The van der Waals surface area contributed by atoms with Gasteiger partial charge in [-0.2, -0.15) is 5.10 Å². The fraction of sp³-hybridized carbons (Fsp3) is 0.364. The Morgan fingerprint density at radius 2 is 2.16 bits per heavy atom. The summed E-state index contributed by atoms with van der Waals surface area (Å²) in [4.78, 5) is 10.3. The number of rotatable bonds is 4. The van der Waals surface area contributed by atoms with Crippen LogP contribution < -0.4 is 5.43 Å². The second-order valence-electron chi connectivity index (χ2n) is 4.30. The number of hydrogen-bond donors (Lipinski definition) is 1. The number of nitro benzene ring substituents is 1. The molecule has 0 aromatic heterocycles. The fourth-order valence-electron chi connectivity index (χ4n) is 1.87. The third kappa shape index (κ3) is 3.50. The minimum absolute atomic E-state index is 0.0351. The summed E-state index contributed by atoms with van der Waals surface area (Å²) in [5.74, 6) is 0.215. The molecule has 0 unspecified atom stereocenters. The van der Waals surface area contributed by atoms with E-state index in [0.717, 1.165) is 0 Å². The minimum atomic E-state index is -2.96. The van der Waals surface area contributed by atoms with Crippen LogP contribution in [0, 0.1) is 10.1 Å². The first-order chi connectivity index (χ1) is 8.98. The Kier molecular flexibility index (Phi) is 3.79. The average Bonchev–Trinajstić information content (AvgIpc) is 2.69. The van der Waals surface area contributed by atoms with Gasteiger partial charge in [-0.05, 0) is 12.5 Å². The van der Waals surface area contributed by atoms with E-state index in [1.807, 2.05) is 0 Å². The summed E-state index contributed by atoms with van der Waals surface area (Å²) >= 11 is 0. The molecule has 0 bridgehead atoms. The van der Waals surface area contributed by atoms with Gasteiger partial charge in [0.05, 0.1) is 34.2 Å². The number of nitrogens with one attached hydrogen (secondary N) is 1. The fourth-order valence-corrected chi connectivity index (χ4v) is 3.54. The molecular formula is C11H13N3O4S. The van der Waals surface area contributed by atoms with Crippen LogP contribution in [0.5, 0.6) is 0 Å². The third-order valence-electron chi connectivity index (χ3n) is 2.83. The van der Waals surface area contributed by atoms with Crippen LogP contribution in [-0.4, -0.2) is 37.1 Å². The van der Waals surface area contributed by atoms with E-state index in [1.54, 1.807) is 18.2 Å². The van der Waals surface area contributed by atoms with E-state index in [4.69, 9.17) is 0 Å². The van der Waals surface area contributed by atoms with Gasteiger partial charge in [-0.1, -0.05) is 12.1 Å². The lowest BCUT2D eigenvalue weighted by molar-refractivity contribution is -0.385. The predicted molar refractivity (Wildman–Crippen MR) is 70.9 cm³/mol. The van der Waals surface area contributed by atoms with Crippen LogP contribution in [0.15, 0.2) is 29.4 Å². The van der Waals surface area contributed by atoms with E-state index in [9.17, 15) is 18.5 Å². The molecule has 1 fully saturated rings. The van der Waals surface area contributed by atoms with E-state index < -0.39 is 14.8 Å². The van der Waals surface area contributed by atoms with Crippen molar-refractivity contribution in [1.29, 1.82) is 0 Å². The van der Waals surface area contributed by atoms with Crippen LogP contribution in [0.3, 0.4) is 0 Å². The van der Waals surface area contributed by atoms with Crippen molar-refractivity contribution in [3.05, 3.63) is 39.9 Å². The Bertz CT molecular complexity index is 612. The molecule has 1 aromatic carbocycles. The monoisotopic (exact) mass is 283 g/mol. The lowest BCUT2D eigenvalue weighted by atomic mass is 10.2. The molecule has 0 amide bonds. The van der Waals surface area contributed by atoms with Gasteiger partial charge in [0.1, 0.15) is 0 Å². The summed E-state index contributed by atoms with van der Waals surface area (Å²) in [6.07, 6.45) is 1.85. The van der Waals surface area contributed by atoms with Crippen molar-refractivity contribution in [3.8, 4) is 0 Å². The first-order valence-corrected chi connectivity index (χ1v) is 7.52. The molecule has 7 nitrogen and oxygen atoms in total. The highest BCUT2D eigenvalue weighted by Gasteiger charge is 2.27. The van der Waals surface area contributed by atoms with Crippen LogP contribution in [-0.2, 0) is 9.84 Å². The maximum Gasteiger partial charge on any atom is 0.278 e. The summed E-state index contributed by atoms with van der Waals surface area (Å²) in [5, 5.41) is 14.7. The van der Waals surface area contributed by atoms with Gasteiger partial charge < -0.3 is 5.43 Å². The number of benzene rings is 1. The number of nitro groups is 1. The third-order valence-corrected chi connectivity index (χ3v) is 4.59. The van der Waals surface area contributed by atoms with Gasteiger partial charge in [0.2, 0.25) is 0 Å². The summed E-state index contributed by atoms with van der Waals surface area (Å²) in [7, 11) is -2.96. The molecule has 8 heteroatoms. The molecule has 1 atom stereocenters. The highest BCUT2D eigenvalue weighted by atomic mass is 32.2. The highest BCUT2D eigenvalue weighted by molar-refractivity contribution is 7.91. The van der Waals surface area contributed by atoms with Crippen molar-refractivity contribution in [2.75, 3.05) is 11.5 Å². The number of sulfone groups is 1. The lowest BCUT2D eigenvalue weighted by Gasteiger charge is -2.05. The van der Waals surface area contributed by atoms with E-state index in [-0.39, 0.29) is 23.2 Å². The smallest absolute Gasteiger partial charge is 0.278 e. The Labute approximate surface area is 110 Å². The summed E-state index contributed by atoms with van der Waals surface area (Å²) in [5.41, 5.74) is 3.06. The van der Waals surface area contributed by atoms with E-state index in [0.29, 0.717) is 12.0 Å². The maximum absolute atomic E-state index is 11.2. The van der Waals surface area contributed by atoms with Crippen molar-refractivity contribution in [2.45, 2.75) is 12.5 Å². The van der Waals surface area contributed by atoms with Gasteiger partial charge in [0.25, 0.3) is 5.69 Å². The van der Waals surface area contributed by atoms with Crippen molar-refractivity contribution < 1.29 is 13.3 Å². The average molecular weight is 283 g/mol. The Morgan fingerprint density at radius 3 is 2.79 bits per heavy atom. The zero-order chi connectivity index (χ0) is 13.9. The van der Waals surface area contributed by atoms with E-state index >= 15 is 0 Å². The molecule has 19 heavy (non-hydrogen) atoms. The van der Waals surface area contributed by atoms with Gasteiger partial charge in [0.15, 0.2) is 9.84 Å².